The molecule has 154 valence electrons. The standard InChI is InChI=1S/C14H20N5O6PS2/c1-6(2)12(21)17-14-16-11-10(13(22)18-14)15-5-19(11)9-3-7(8(4-20)24-9)25-26(23,27)28/h5-9,20H,3-4H2,1-2H3,(H2,23,27,28)(H2,16,17,18,21,22)/t7-,8+,9+/m0/s1. The molecule has 1 aliphatic rings. The molecule has 2 aromatic heterocycles. The van der Waals surface area contributed by atoms with Crippen molar-refractivity contribution in [3.63, 3.8) is 0 Å². The van der Waals surface area contributed by atoms with Gasteiger partial charge in [-0.3, -0.25) is 24.5 Å². The Morgan fingerprint density at radius 2 is 2.36 bits per heavy atom. The van der Waals surface area contributed by atoms with Crippen molar-refractivity contribution in [2.45, 2.75) is 38.7 Å². The molecule has 4 atom stereocenters. The number of nitrogens with zero attached hydrogens (tertiary/aromatic N) is 3. The number of carbonyl (C=O) groups excluding carboxylic acids is 1. The van der Waals surface area contributed by atoms with Gasteiger partial charge in [-0.25, -0.2) is 4.98 Å². The second-order valence-corrected chi connectivity index (χ2v) is 11.7. The van der Waals surface area contributed by atoms with Crippen LogP contribution in [0.15, 0.2) is 11.1 Å². The van der Waals surface area contributed by atoms with Crippen molar-refractivity contribution < 1.29 is 24.1 Å². The van der Waals surface area contributed by atoms with Crippen molar-refractivity contribution in [2.24, 2.45) is 5.92 Å². The van der Waals surface area contributed by atoms with Crippen LogP contribution in [0.1, 0.15) is 26.5 Å². The van der Waals surface area contributed by atoms with Gasteiger partial charge in [0.2, 0.25) is 17.5 Å². The van der Waals surface area contributed by atoms with Gasteiger partial charge in [-0.05, 0) is 11.8 Å². The van der Waals surface area contributed by atoms with Crippen LogP contribution in [0.5, 0.6) is 0 Å². The SMILES string of the molecule is CC(C)C(=O)Nc1nc2c(ncn2[C@H]2C[C@H](OP(O)(=S)S)[C@@H](CO)O2)c(=O)[nH]1. The number of anilines is 1. The molecule has 0 aliphatic carbocycles. The molecule has 0 radical (unpaired) electrons. The molecule has 3 heterocycles. The largest absolute Gasteiger partial charge is 0.394 e. The van der Waals surface area contributed by atoms with E-state index in [1.807, 2.05) is 0 Å². The molecule has 1 aliphatic heterocycles. The van der Waals surface area contributed by atoms with Crippen molar-refractivity contribution in [3.8, 4) is 0 Å². The highest BCUT2D eigenvalue weighted by Gasteiger charge is 2.39. The Kier molecular flexibility index (Phi) is 6.25. The molecule has 14 heteroatoms. The monoisotopic (exact) mass is 449 g/mol. The maximum Gasteiger partial charge on any atom is 0.280 e. The van der Waals surface area contributed by atoms with E-state index in [1.165, 1.54) is 10.9 Å². The Morgan fingerprint density at radius 1 is 1.64 bits per heavy atom. The molecule has 2 aromatic rings. The molecule has 3 rings (SSSR count). The molecule has 4 N–H and O–H groups in total. The maximum atomic E-state index is 12.3. The number of ether oxygens (including phenoxy) is 1. The van der Waals surface area contributed by atoms with E-state index in [9.17, 15) is 19.6 Å². The van der Waals surface area contributed by atoms with Crippen molar-refractivity contribution >= 4 is 52.8 Å². The zero-order valence-corrected chi connectivity index (χ0v) is 17.6. The molecular formula is C14H20N5O6PS2. The van der Waals surface area contributed by atoms with Gasteiger partial charge in [0, 0.05) is 12.3 Å². The lowest BCUT2D eigenvalue weighted by Gasteiger charge is -2.19. The van der Waals surface area contributed by atoms with Crippen LogP contribution < -0.4 is 10.9 Å². The number of carbonyl (C=O) groups is 1. The summed E-state index contributed by atoms with van der Waals surface area (Å²) in [6.07, 6.45) is -0.518. The summed E-state index contributed by atoms with van der Waals surface area (Å²) in [5.41, 5.74) is -3.52. The topological polar surface area (TPSA) is 152 Å². The van der Waals surface area contributed by atoms with Crippen LogP contribution in [0.25, 0.3) is 11.2 Å². The van der Waals surface area contributed by atoms with Crippen LogP contribution >= 0.6 is 17.9 Å². The van der Waals surface area contributed by atoms with Crippen LogP contribution in [0.4, 0.5) is 5.95 Å². The van der Waals surface area contributed by atoms with Gasteiger partial charge in [0.05, 0.1) is 19.0 Å². The number of hydrogen-bond donors (Lipinski definition) is 5. The Morgan fingerprint density at radius 3 is 2.96 bits per heavy atom. The van der Waals surface area contributed by atoms with Crippen molar-refractivity contribution in [1.82, 2.24) is 19.5 Å². The van der Waals surface area contributed by atoms with E-state index in [4.69, 9.17) is 21.1 Å². The van der Waals surface area contributed by atoms with E-state index in [0.29, 0.717) is 0 Å². The smallest absolute Gasteiger partial charge is 0.280 e. The Hall–Kier alpha value is -1.34. The summed E-state index contributed by atoms with van der Waals surface area (Å²) in [6.45, 7) is 3.06. The van der Waals surface area contributed by atoms with Gasteiger partial charge in [0.15, 0.2) is 11.2 Å². The van der Waals surface area contributed by atoms with Crippen molar-refractivity contribution in [3.05, 3.63) is 16.7 Å². The predicted molar refractivity (Wildman–Crippen MR) is 108 cm³/mol. The fourth-order valence-electron chi connectivity index (χ4n) is 2.78. The van der Waals surface area contributed by atoms with Crippen LogP contribution in [-0.4, -0.2) is 54.2 Å². The summed E-state index contributed by atoms with van der Waals surface area (Å²) in [6, 6.07) is 0. The van der Waals surface area contributed by atoms with E-state index in [2.05, 4.69) is 32.5 Å². The van der Waals surface area contributed by atoms with Crippen LogP contribution in [0, 0.1) is 5.92 Å². The molecule has 1 amide bonds. The number of thiol groups is 1. The van der Waals surface area contributed by atoms with E-state index < -0.39 is 29.7 Å². The third-order valence-corrected chi connectivity index (χ3v) is 5.23. The van der Waals surface area contributed by atoms with Crippen molar-refractivity contribution in [1.29, 1.82) is 0 Å². The molecule has 0 saturated carbocycles. The third kappa shape index (κ3) is 4.62. The fourth-order valence-corrected chi connectivity index (χ4v) is 4.05. The number of nitrogens with one attached hydrogen (secondary N) is 2. The summed E-state index contributed by atoms with van der Waals surface area (Å²) in [5, 5.41) is 12.1. The first-order valence-electron chi connectivity index (χ1n) is 8.37. The number of amides is 1. The third-order valence-electron chi connectivity index (χ3n) is 4.14. The molecule has 1 saturated heterocycles. The Balaban J connectivity index is 1.93. The predicted octanol–water partition coefficient (Wildman–Crippen LogP) is 0.526. The van der Waals surface area contributed by atoms with E-state index in [-0.39, 0.29) is 42.0 Å². The number of aliphatic hydroxyl groups is 1. The number of H-pyrrole nitrogens is 1. The van der Waals surface area contributed by atoms with Gasteiger partial charge >= 0.3 is 0 Å². The number of fused-ring (bicyclic) bond motifs is 1. The minimum absolute atomic E-state index is 0.0105. The first-order valence-corrected chi connectivity index (χ1v) is 12.2. The second kappa shape index (κ2) is 8.19. The minimum atomic E-state index is -3.26. The van der Waals surface area contributed by atoms with Gasteiger partial charge in [0.25, 0.3) is 5.56 Å². The van der Waals surface area contributed by atoms with Crippen LogP contribution in [0.2, 0.25) is 0 Å². The van der Waals surface area contributed by atoms with Gasteiger partial charge in [0.1, 0.15) is 12.3 Å². The van der Waals surface area contributed by atoms with E-state index in [0.717, 1.165) is 0 Å². The summed E-state index contributed by atoms with van der Waals surface area (Å²) >= 11 is 8.64. The molecule has 11 nitrogen and oxygen atoms in total. The van der Waals surface area contributed by atoms with E-state index >= 15 is 0 Å². The number of aromatic nitrogens is 4. The number of imidazole rings is 1. The quantitative estimate of drug-likeness (QED) is 0.314. The summed E-state index contributed by atoms with van der Waals surface area (Å²) in [5.74, 6) is -0.611. The highest BCUT2D eigenvalue weighted by Crippen LogP contribution is 2.51. The molecule has 0 aromatic carbocycles. The average Bonchev–Trinajstić information content (AvgIpc) is 3.17. The summed E-state index contributed by atoms with van der Waals surface area (Å²) in [4.78, 5) is 44.6. The minimum Gasteiger partial charge on any atom is -0.394 e. The maximum absolute atomic E-state index is 12.3. The first kappa shape index (κ1) is 21.4. The Bertz CT molecular complexity index is 988. The lowest BCUT2D eigenvalue weighted by Crippen LogP contribution is -2.26. The highest BCUT2D eigenvalue weighted by atomic mass is 32.9. The summed E-state index contributed by atoms with van der Waals surface area (Å²) in [7, 11) is 0. The number of rotatable bonds is 6. The first-order chi connectivity index (χ1) is 13.1. The molecule has 1 unspecified atom stereocenters. The molecule has 28 heavy (non-hydrogen) atoms. The van der Waals surface area contributed by atoms with Gasteiger partial charge < -0.3 is 19.3 Å². The van der Waals surface area contributed by atoms with Gasteiger partial charge in [-0.15, -0.1) is 0 Å². The lowest BCUT2D eigenvalue weighted by molar-refractivity contribution is -0.118. The lowest BCUT2D eigenvalue weighted by atomic mass is 10.2. The van der Waals surface area contributed by atoms with Gasteiger partial charge in [-0.2, -0.15) is 4.98 Å². The normalized spacial score (nSPS) is 24.6. The van der Waals surface area contributed by atoms with Crippen LogP contribution in [0.3, 0.4) is 0 Å². The molecule has 0 spiro atoms. The molecular weight excluding hydrogens is 429 g/mol. The second-order valence-electron chi connectivity index (χ2n) is 6.56. The fraction of sp³-hybridized carbons (Fsp3) is 0.571. The van der Waals surface area contributed by atoms with Crippen LogP contribution in [-0.2, 0) is 25.9 Å². The molecule has 0 bridgehead atoms. The zero-order chi connectivity index (χ0) is 20.6. The molecule has 1 fully saturated rings. The highest BCUT2D eigenvalue weighted by molar-refractivity contribution is 8.59. The Labute approximate surface area is 169 Å². The average molecular weight is 449 g/mol. The zero-order valence-electron chi connectivity index (χ0n) is 15.0. The van der Waals surface area contributed by atoms with Crippen molar-refractivity contribution in [2.75, 3.05) is 11.9 Å². The summed E-state index contributed by atoms with van der Waals surface area (Å²) < 4.78 is 12.6. The van der Waals surface area contributed by atoms with E-state index in [1.54, 1.807) is 13.8 Å². The number of hydrogen-bond acceptors (Lipinski definition) is 8. The number of aromatic amines is 1. The number of aliphatic hydroxyl groups excluding tert-OH is 1. The van der Waals surface area contributed by atoms with Gasteiger partial charge in [-0.1, -0.05) is 26.1 Å².